The smallest absolute Gasteiger partial charge is 0.407 e. The molecule has 0 fully saturated rings. The zero-order valence-electron chi connectivity index (χ0n) is 9.80. The van der Waals surface area contributed by atoms with E-state index in [1.54, 1.807) is 7.11 Å². The largest absolute Gasteiger partial charge is 0.444 e. The average molecular weight is 329 g/mol. The topological polar surface area (TPSA) is 47.6 Å². The van der Waals surface area contributed by atoms with E-state index in [0.29, 0.717) is 6.61 Å². The Morgan fingerprint density at radius 1 is 1.47 bits per heavy atom. The van der Waals surface area contributed by atoms with Crippen LogP contribution in [0.3, 0.4) is 0 Å². The average Bonchev–Trinajstić information content (AvgIpc) is 2.00. The molecule has 0 rings (SSSR count). The molecule has 0 aliphatic heterocycles. The number of alkyl halides is 1. The minimum Gasteiger partial charge on any atom is -0.444 e. The highest BCUT2D eigenvalue weighted by molar-refractivity contribution is 14.1. The maximum absolute atomic E-state index is 11.4. The molecule has 0 unspecified atom stereocenters. The van der Waals surface area contributed by atoms with E-state index in [9.17, 15) is 4.79 Å². The van der Waals surface area contributed by atoms with Crippen LogP contribution >= 0.6 is 22.6 Å². The summed E-state index contributed by atoms with van der Waals surface area (Å²) in [5.74, 6) is 0. The fourth-order valence-corrected chi connectivity index (χ4v) is 1.76. The molecule has 90 valence electrons. The van der Waals surface area contributed by atoms with Crippen molar-refractivity contribution < 1.29 is 14.3 Å². The van der Waals surface area contributed by atoms with Crippen LogP contribution in [0.15, 0.2) is 0 Å². The van der Waals surface area contributed by atoms with Crippen LogP contribution < -0.4 is 5.32 Å². The summed E-state index contributed by atoms with van der Waals surface area (Å²) in [5, 5.41) is 2.78. The van der Waals surface area contributed by atoms with Gasteiger partial charge >= 0.3 is 6.09 Å². The van der Waals surface area contributed by atoms with Crippen molar-refractivity contribution in [3.8, 4) is 0 Å². The standard InChI is InChI=1S/C10H20INO3/c1-10(2,3)15-9(13)12-8(5-6-11)7-14-4/h8H,5-7H2,1-4H3,(H,12,13)/t8-/m0/s1. The van der Waals surface area contributed by atoms with Gasteiger partial charge in [0, 0.05) is 11.5 Å². The summed E-state index contributed by atoms with van der Waals surface area (Å²) >= 11 is 2.27. The number of nitrogens with one attached hydrogen (secondary N) is 1. The van der Waals surface area contributed by atoms with Crippen LogP contribution in [0, 0.1) is 0 Å². The van der Waals surface area contributed by atoms with Gasteiger partial charge in [0.05, 0.1) is 12.6 Å². The van der Waals surface area contributed by atoms with Gasteiger partial charge in [-0.05, 0) is 27.2 Å². The summed E-state index contributed by atoms with van der Waals surface area (Å²) < 4.78 is 11.1. The van der Waals surface area contributed by atoms with Gasteiger partial charge in [-0.15, -0.1) is 0 Å². The molecule has 0 aliphatic rings. The second-order valence-electron chi connectivity index (χ2n) is 4.28. The van der Waals surface area contributed by atoms with E-state index < -0.39 is 5.60 Å². The summed E-state index contributed by atoms with van der Waals surface area (Å²) in [6, 6.07) is 0.0294. The van der Waals surface area contributed by atoms with E-state index in [2.05, 4.69) is 27.9 Å². The summed E-state index contributed by atoms with van der Waals surface area (Å²) in [7, 11) is 1.62. The Hall–Kier alpha value is -0.0400. The van der Waals surface area contributed by atoms with Gasteiger partial charge in [-0.1, -0.05) is 22.6 Å². The molecule has 0 aromatic carbocycles. The van der Waals surface area contributed by atoms with E-state index in [-0.39, 0.29) is 12.1 Å². The Balaban J connectivity index is 3.99. The molecule has 15 heavy (non-hydrogen) atoms. The predicted octanol–water partition coefficient (Wildman–Crippen LogP) is 2.35. The fourth-order valence-electron chi connectivity index (χ4n) is 1.00. The number of amides is 1. The first-order chi connectivity index (χ1) is 6.89. The zero-order chi connectivity index (χ0) is 11.9. The lowest BCUT2D eigenvalue weighted by atomic mass is 10.2. The minimum absolute atomic E-state index is 0.0294. The van der Waals surface area contributed by atoms with E-state index in [1.807, 2.05) is 20.8 Å². The molecule has 0 aliphatic carbocycles. The van der Waals surface area contributed by atoms with Crippen molar-refractivity contribution >= 4 is 28.7 Å². The first-order valence-electron chi connectivity index (χ1n) is 4.93. The van der Waals surface area contributed by atoms with Gasteiger partial charge in [0.1, 0.15) is 5.60 Å². The normalized spacial score (nSPS) is 13.4. The molecule has 0 aromatic rings. The number of rotatable bonds is 5. The Kier molecular flexibility index (Phi) is 7.25. The van der Waals surface area contributed by atoms with Gasteiger partial charge < -0.3 is 14.8 Å². The Morgan fingerprint density at radius 2 is 2.07 bits per heavy atom. The number of methoxy groups -OCH3 is 1. The molecule has 1 N–H and O–H groups in total. The molecule has 0 saturated heterocycles. The quantitative estimate of drug-likeness (QED) is 0.622. The van der Waals surface area contributed by atoms with Crippen molar-refractivity contribution in [2.75, 3.05) is 18.1 Å². The number of carbonyl (C=O) groups excluding carboxylic acids is 1. The van der Waals surface area contributed by atoms with Crippen LogP contribution in [-0.4, -0.2) is 35.9 Å². The number of hydrogen-bond acceptors (Lipinski definition) is 3. The number of alkyl carbamates (subject to hydrolysis) is 1. The van der Waals surface area contributed by atoms with Crippen molar-refractivity contribution in [1.82, 2.24) is 5.32 Å². The fraction of sp³-hybridized carbons (Fsp3) is 0.900. The lowest BCUT2D eigenvalue weighted by molar-refractivity contribution is 0.0468. The Labute approximate surface area is 105 Å². The summed E-state index contributed by atoms with van der Waals surface area (Å²) in [6.45, 7) is 6.05. The lowest BCUT2D eigenvalue weighted by Gasteiger charge is -2.23. The predicted molar refractivity (Wildman–Crippen MR) is 68.5 cm³/mol. The molecule has 4 nitrogen and oxygen atoms in total. The monoisotopic (exact) mass is 329 g/mol. The molecule has 1 atom stereocenters. The first kappa shape index (κ1) is 15.0. The first-order valence-corrected chi connectivity index (χ1v) is 6.46. The molecule has 0 aromatic heterocycles. The third-order valence-corrected chi connectivity index (χ3v) is 2.17. The molecule has 5 heteroatoms. The lowest BCUT2D eigenvalue weighted by Crippen LogP contribution is -2.41. The minimum atomic E-state index is -0.452. The molecule has 0 heterocycles. The van der Waals surface area contributed by atoms with Gasteiger partial charge in [0.2, 0.25) is 0 Å². The highest BCUT2D eigenvalue weighted by Gasteiger charge is 2.18. The Bertz CT molecular complexity index is 186. The third-order valence-electron chi connectivity index (χ3n) is 1.55. The SMILES string of the molecule is COC[C@H](CCI)NC(=O)OC(C)(C)C. The number of carbonyl (C=O) groups is 1. The van der Waals surface area contributed by atoms with Crippen molar-refractivity contribution in [2.24, 2.45) is 0 Å². The molecule has 0 radical (unpaired) electrons. The van der Waals surface area contributed by atoms with Gasteiger partial charge in [-0.2, -0.15) is 0 Å². The van der Waals surface area contributed by atoms with Gasteiger partial charge in [0.15, 0.2) is 0 Å². The van der Waals surface area contributed by atoms with Crippen LogP contribution in [0.4, 0.5) is 4.79 Å². The van der Waals surface area contributed by atoms with E-state index in [4.69, 9.17) is 9.47 Å². The van der Waals surface area contributed by atoms with E-state index >= 15 is 0 Å². The van der Waals surface area contributed by atoms with Crippen LogP contribution in [-0.2, 0) is 9.47 Å². The highest BCUT2D eigenvalue weighted by Crippen LogP contribution is 2.07. The summed E-state index contributed by atoms with van der Waals surface area (Å²) in [5.41, 5.74) is -0.452. The molecule has 0 bridgehead atoms. The number of halogens is 1. The molecule has 0 saturated carbocycles. The van der Waals surface area contributed by atoms with E-state index in [0.717, 1.165) is 10.8 Å². The summed E-state index contributed by atoms with van der Waals surface area (Å²) in [6.07, 6.45) is 0.502. The third kappa shape index (κ3) is 8.92. The number of hydrogen-bond donors (Lipinski definition) is 1. The van der Waals surface area contributed by atoms with Gasteiger partial charge in [-0.3, -0.25) is 0 Å². The highest BCUT2D eigenvalue weighted by atomic mass is 127. The van der Waals surface area contributed by atoms with Crippen LogP contribution in [0.5, 0.6) is 0 Å². The maximum Gasteiger partial charge on any atom is 0.407 e. The van der Waals surface area contributed by atoms with Gasteiger partial charge in [-0.25, -0.2) is 4.79 Å². The van der Waals surface area contributed by atoms with Crippen LogP contribution in [0.25, 0.3) is 0 Å². The molecule has 1 amide bonds. The summed E-state index contributed by atoms with van der Waals surface area (Å²) in [4.78, 5) is 11.4. The maximum atomic E-state index is 11.4. The number of ether oxygens (including phenoxy) is 2. The molecular weight excluding hydrogens is 309 g/mol. The second-order valence-corrected chi connectivity index (χ2v) is 5.35. The van der Waals surface area contributed by atoms with Crippen molar-refractivity contribution in [3.63, 3.8) is 0 Å². The Morgan fingerprint density at radius 3 is 2.47 bits per heavy atom. The van der Waals surface area contributed by atoms with Crippen molar-refractivity contribution in [3.05, 3.63) is 0 Å². The van der Waals surface area contributed by atoms with Crippen LogP contribution in [0.1, 0.15) is 27.2 Å². The van der Waals surface area contributed by atoms with Gasteiger partial charge in [0.25, 0.3) is 0 Å². The van der Waals surface area contributed by atoms with E-state index in [1.165, 1.54) is 0 Å². The van der Waals surface area contributed by atoms with Crippen molar-refractivity contribution in [2.45, 2.75) is 38.8 Å². The molecular formula is C10H20INO3. The zero-order valence-corrected chi connectivity index (χ0v) is 12.0. The second kappa shape index (κ2) is 7.27. The van der Waals surface area contributed by atoms with Crippen LogP contribution in [0.2, 0.25) is 0 Å². The van der Waals surface area contributed by atoms with Crippen molar-refractivity contribution in [1.29, 1.82) is 0 Å². The molecule has 0 spiro atoms.